The van der Waals surface area contributed by atoms with Crippen molar-refractivity contribution in [1.29, 1.82) is 0 Å². The number of ether oxygens (including phenoxy) is 2. The van der Waals surface area contributed by atoms with E-state index in [9.17, 15) is 0 Å². The number of halogens is 1. The van der Waals surface area contributed by atoms with E-state index in [4.69, 9.17) is 15.2 Å². The minimum Gasteiger partial charge on any atom is -0.493 e. The standard InChI is InChI=1S/C11H14BrN5O2/c1-17-15-10(14-16-17)6-19-11-8(12)3-7(5-13)4-9(11)18-2/h3-4H,5-6,13H2,1-2H3. The minimum absolute atomic E-state index is 0.213. The minimum atomic E-state index is 0.213. The predicted molar refractivity (Wildman–Crippen MR) is 71.7 cm³/mol. The third-order valence-corrected chi connectivity index (χ3v) is 3.01. The van der Waals surface area contributed by atoms with E-state index in [1.807, 2.05) is 12.1 Å². The molecule has 1 aromatic heterocycles. The van der Waals surface area contributed by atoms with Gasteiger partial charge in [0, 0.05) is 6.54 Å². The molecule has 0 radical (unpaired) electrons. The van der Waals surface area contributed by atoms with Gasteiger partial charge in [0.1, 0.15) is 0 Å². The average Bonchev–Trinajstić information content (AvgIpc) is 2.82. The van der Waals surface area contributed by atoms with Crippen LogP contribution in [0.3, 0.4) is 0 Å². The lowest BCUT2D eigenvalue weighted by Gasteiger charge is -2.12. The highest BCUT2D eigenvalue weighted by Crippen LogP contribution is 2.36. The fraction of sp³-hybridized carbons (Fsp3) is 0.364. The van der Waals surface area contributed by atoms with Crippen molar-refractivity contribution in [3.63, 3.8) is 0 Å². The van der Waals surface area contributed by atoms with Crippen molar-refractivity contribution in [1.82, 2.24) is 20.2 Å². The van der Waals surface area contributed by atoms with Crippen LogP contribution in [0.25, 0.3) is 0 Å². The number of aromatic nitrogens is 4. The topological polar surface area (TPSA) is 88.1 Å². The number of aryl methyl sites for hydroxylation is 1. The maximum Gasteiger partial charge on any atom is 0.212 e. The molecule has 0 fully saturated rings. The quantitative estimate of drug-likeness (QED) is 0.882. The summed E-state index contributed by atoms with van der Waals surface area (Å²) >= 11 is 3.44. The van der Waals surface area contributed by atoms with Gasteiger partial charge >= 0.3 is 0 Å². The summed E-state index contributed by atoms with van der Waals surface area (Å²) in [6.45, 7) is 0.645. The molecule has 0 aliphatic carbocycles. The van der Waals surface area contributed by atoms with Gasteiger partial charge < -0.3 is 15.2 Å². The number of hydrogen-bond donors (Lipinski definition) is 1. The number of rotatable bonds is 5. The lowest BCUT2D eigenvalue weighted by Crippen LogP contribution is -2.03. The molecule has 7 nitrogen and oxygen atoms in total. The average molecular weight is 328 g/mol. The lowest BCUT2D eigenvalue weighted by atomic mass is 10.2. The van der Waals surface area contributed by atoms with Crippen molar-refractivity contribution in [3.05, 3.63) is 28.0 Å². The van der Waals surface area contributed by atoms with Crippen LogP contribution < -0.4 is 15.2 Å². The molecule has 2 rings (SSSR count). The Bertz CT molecular complexity index is 572. The van der Waals surface area contributed by atoms with E-state index in [2.05, 4.69) is 31.3 Å². The molecule has 0 bridgehead atoms. The van der Waals surface area contributed by atoms with Crippen LogP contribution in [0.1, 0.15) is 11.4 Å². The third kappa shape index (κ3) is 3.21. The molecule has 1 aromatic carbocycles. The molecule has 2 aromatic rings. The molecule has 2 N–H and O–H groups in total. The third-order valence-electron chi connectivity index (χ3n) is 2.42. The van der Waals surface area contributed by atoms with Gasteiger partial charge in [0.25, 0.3) is 0 Å². The highest BCUT2D eigenvalue weighted by Gasteiger charge is 2.12. The van der Waals surface area contributed by atoms with Crippen LogP contribution in [-0.2, 0) is 20.2 Å². The zero-order valence-electron chi connectivity index (χ0n) is 10.6. The van der Waals surface area contributed by atoms with Crippen molar-refractivity contribution in [2.45, 2.75) is 13.2 Å². The molecule has 0 saturated heterocycles. The first-order valence-corrected chi connectivity index (χ1v) is 6.35. The maximum absolute atomic E-state index is 5.67. The number of benzene rings is 1. The van der Waals surface area contributed by atoms with E-state index in [1.54, 1.807) is 14.2 Å². The predicted octanol–water partition coefficient (Wildman–Crippen LogP) is 1.02. The monoisotopic (exact) mass is 327 g/mol. The molecule has 1 heterocycles. The maximum atomic E-state index is 5.67. The van der Waals surface area contributed by atoms with Crippen LogP contribution in [-0.4, -0.2) is 27.3 Å². The van der Waals surface area contributed by atoms with Gasteiger partial charge in [0.15, 0.2) is 18.1 Å². The lowest BCUT2D eigenvalue weighted by molar-refractivity contribution is 0.274. The van der Waals surface area contributed by atoms with E-state index in [0.29, 0.717) is 23.9 Å². The summed E-state index contributed by atoms with van der Waals surface area (Å²) in [6, 6.07) is 3.73. The molecule has 0 unspecified atom stereocenters. The van der Waals surface area contributed by atoms with E-state index in [0.717, 1.165) is 10.0 Å². The normalized spacial score (nSPS) is 10.5. The summed E-state index contributed by atoms with van der Waals surface area (Å²) in [7, 11) is 3.28. The van der Waals surface area contributed by atoms with E-state index in [-0.39, 0.29) is 6.61 Å². The molecule has 0 atom stereocenters. The second-order valence-electron chi connectivity index (χ2n) is 3.80. The Kier molecular flexibility index (Phi) is 4.33. The van der Waals surface area contributed by atoms with E-state index < -0.39 is 0 Å². The van der Waals surface area contributed by atoms with Gasteiger partial charge in [-0.1, -0.05) is 0 Å². The smallest absolute Gasteiger partial charge is 0.212 e. The summed E-state index contributed by atoms with van der Waals surface area (Å²) in [5.74, 6) is 1.70. The first kappa shape index (κ1) is 13.8. The number of hydrogen-bond acceptors (Lipinski definition) is 6. The van der Waals surface area contributed by atoms with Crippen molar-refractivity contribution in [3.8, 4) is 11.5 Å². The molecule has 19 heavy (non-hydrogen) atoms. The fourth-order valence-corrected chi connectivity index (χ4v) is 2.15. The summed E-state index contributed by atoms with van der Waals surface area (Å²) in [5, 5.41) is 11.6. The van der Waals surface area contributed by atoms with Gasteiger partial charge in [-0.05, 0) is 38.8 Å². The van der Waals surface area contributed by atoms with Crippen molar-refractivity contribution in [2.75, 3.05) is 7.11 Å². The van der Waals surface area contributed by atoms with Crippen LogP contribution in [0, 0.1) is 0 Å². The Hall–Kier alpha value is -1.67. The van der Waals surface area contributed by atoms with E-state index in [1.165, 1.54) is 4.80 Å². The first-order valence-electron chi connectivity index (χ1n) is 5.56. The molecule has 102 valence electrons. The molecular formula is C11H14BrN5O2. The molecule has 0 saturated carbocycles. The molecule has 0 aliphatic heterocycles. The van der Waals surface area contributed by atoms with Gasteiger partial charge in [-0.2, -0.15) is 4.80 Å². The second kappa shape index (κ2) is 5.98. The number of nitrogens with zero attached hydrogens (tertiary/aromatic N) is 4. The van der Waals surface area contributed by atoms with Gasteiger partial charge in [-0.15, -0.1) is 10.2 Å². The van der Waals surface area contributed by atoms with Gasteiger partial charge in [-0.25, -0.2) is 0 Å². The Morgan fingerprint density at radius 3 is 2.79 bits per heavy atom. The number of nitrogens with two attached hydrogens (primary N) is 1. The summed E-state index contributed by atoms with van der Waals surface area (Å²) < 4.78 is 11.7. The largest absolute Gasteiger partial charge is 0.493 e. The van der Waals surface area contributed by atoms with Gasteiger partial charge in [0.2, 0.25) is 5.82 Å². The zero-order chi connectivity index (χ0) is 13.8. The first-order chi connectivity index (χ1) is 9.13. The number of tetrazole rings is 1. The fourth-order valence-electron chi connectivity index (χ4n) is 1.55. The highest BCUT2D eigenvalue weighted by molar-refractivity contribution is 9.10. The molecule has 0 amide bonds. The number of methoxy groups -OCH3 is 1. The van der Waals surface area contributed by atoms with Crippen LogP contribution in [0.15, 0.2) is 16.6 Å². The Labute approximate surface area is 118 Å². The van der Waals surface area contributed by atoms with Gasteiger partial charge in [0.05, 0.1) is 18.6 Å². The molecule has 0 aliphatic rings. The van der Waals surface area contributed by atoms with Crippen molar-refractivity contribution in [2.24, 2.45) is 12.8 Å². The summed E-state index contributed by atoms with van der Waals surface area (Å²) in [6.07, 6.45) is 0. The Morgan fingerprint density at radius 2 is 2.21 bits per heavy atom. The Morgan fingerprint density at radius 1 is 1.42 bits per heavy atom. The van der Waals surface area contributed by atoms with Crippen LogP contribution >= 0.6 is 15.9 Å². The second-order valence-corrected chi connectivity index (χ2v) is 4.65. The van der Waals surface area contributed by atoms with Crippen LogP contribution in [0.4, 0.5) is 0 Å². The SMILES string of the molecule is COc1cc(CN)cc(Br)c1OCc1nnn(C)n1. The molecule has 0 spiro atoms. The Balaban J connectivity index is 2.19. The zero-order valence-corrected chi connectivity index (χ0v) is 12.2. The van der Waals surface area contributed by atoms with Crippen LogP contribution in [0.2, 0.25) is 0 Å². The summed E-state index contributed by atoms with van der Waals surface area (Å²) in [5.41, 5.74) is 6.56. The van der Waals surface area contributed by atoms with E-state index >= 15 is 0 Å². The van der Waals surface area contributed by atoms with Crippen molar-refractivity contribution >= 4 is 15.9 Å². The molecule has 8 heteroatoms. The molecular weight excluding hydrogens is 314 g/mol. The van der Waals surface area contributed by atoms with Gasteiger partial charge in [-0.3, -0.25) is 0 Å². The summed E-state index contributed by atoms with van der Waals surface area (Å²) in [4.78, 5) is 1.38. The van der Waals surface area contributed by atoms with Crippen LogP contribution in [0.5, 0.6) is 11.5 Å². The highest BCUT2D eigenvalue weighted by atomic mass is 79.9. The van der Waals surface area contributed by atoms with Crippen molar-refractivity contribution < 1.29 is 9.47 Å².